The summed E-state index contributed by atoms with van der Waals surface area (Å²) in [6.07, 6.45) is 0.477. The van der Waals surface area contributed by atoms with Crippen molar-refractivity contribution in [3.8, 4) is 17.0 Å². The van der Waals surface area contributed by atoms with Crippen LogP contribution < -0.4 is 0 Å². The number of hydrogen-bond acceptors (Lipinski definition) is 4. The van der Waals surface area contributed by atoms with E-state index in [0.717, 1.165) is 5.56 Å². The first-order valence-electron chi connectivity index (χ1n) is 8.65. The first-order valence-corrected chi connectivity index (χ1v) is 9.03. The molecule has 0 spiro atoms. The Hall–Kier alpha value is -2.83. The van der Waals surface area contributed by atoms with Crippen molar-refractivity contribution < 1.29 is 15.0 Å². The fourth-order valence-electron chi connectivity index (χ4n) is 3.55. The highest BCUT2D eigenvalue weighted by atomic mass is 35.5. The number of aliphatic hydroxyl groups excluding tert-OH is 1. The minimum absolute atomic E-state index is 0.000583. The Kier molecular flexibility index (Phi) is 4.59. The zero-order valence-corrected chi connectivity index (χ0v) is 15.1. The molecular weight excluding hydrogens is 366 g/mol. The molecule has 2 heterocycles. The maximum atomic E-state index is 13.0. The normalized spacial score (nSPS) is 16.0. The number of aromatic amines is 1. The standard InChI is InChI=1S/C20H18ClN3O3/c21-13-7-8-15(26)14(11-13)17-16-18(23-22-17)20(27)24(9-4-10-25)19(16)12-5-2-1-3-6-12/h1-3,5-8,11,19,25-26H,4,9-10H2,(H,22,23). The van der Waals surface area contributed by atoms with Crippen LogP contribution in [0.2, 0.25) is 5.02 Å². The van der Waals surface area contributed by atoms with E-state index in [1.807, 2.05) is 30.3 Å². The molecule has 2 aromatic carbocycles. The number of phenols is 1. The lowest BCUT2D eigenvalue weighted by molar-refractivity contribution is 0.0732. The van der Waals surface area contributed by atoms with Crippen molar-refractivity contribution in [1.29, 1.82) is 0 Å². The van der Waals surface area contributed by atoms with Gasteiger partial charge in [-0.25, -0.2) is 0 Å². The minimum Gasteiger partial charge on any atom is -0.507 e. The number of rotatable bonds is 5. The van der Waals surface area contributed by atoms with Gasteiger partial charge in [0.1, 0.15) is 17.1 Å². The molecule has 0 saturated heterocycles. The molecule has 0 saturated carbocycles. The number of aromatic nitrogens is 2. The van der Waals surface area contributed by atoms with Crippen LogP contribution in [0.3, 0.4) is 0 Å². The molecule has 0 fully saturated rings. The molecule has 1 unspecified atom stereocenters. The number of carbonyl (C=O) groups excluding carboxylic acids is 1. The van der Waals surface area contributed by atoms with E-state index < -0.39 is 0 Å². The maximum absolute atomic E-state index is 13.0. The summed E-state index contributed by atoms with van der Waals surface area (Å²) in [7, 11) is 0. The van der Waals surface area contributed by atoms with Gasteiger partial charge < -0.3 is 15.1 Å². The summed E-state index contributed by atoms with van der Waals surface area (Å²) in [5.74, 6) is -0.130. The molecule has 138 valence electrons. The number of nitrogens with one attached hydrogen (secondary N) is 1. The molecule has 7 heteroatoms. The van der Waals surface area contributed by atoms with Crippen molar-refractivity contribution in [2.24, 2.45) is 0 Å². The predicted octanol–water partition coefficient (Wildman–Crippen LogP) is 3.36. The zero-order chi connectivity index (χ0) is 19.0. The van der Waals surface area contributed by atoms with Crippen molar-refractivity contribution >= 4 is 17.5 Å². The summed E-state index contributed by atoms with van der Waals surface area (Å²) < 4.78 is 0. The van der Waals surface area contributed by atoms with E-state index in [2.05, 4.69) is 10.2 Å². The molecule has 1 aromatic heterocycles. The topological polar surface area (TPSA) is 89.5 Å². The van der Waals surface area contributed by atoms with Gasteiger partial charge >= 0.3 is 0 Å². The van der Waals surface area contributed by atoms with Gasteiger partial charge in [0.15, 0.2) is 0 Å². The molecule has 4 rings (SSSR count). The number of hydrogen-bond donors (Lipinski definition) is 3. The number of halogens is 1. The molecular formula is C20H18ClN3O3. The number of fused-ring (bicyclic) bond motifs is 1. The number of amides is 1. The molecule has 3 aromatic rings. The molecule has 27 heavy (non-hydrogen) atoms. The van der Waals surface area contributed by atoms with Crippen molar-refractivity contribution in [2.75, 3.05) is 13.2 Å². The first-order chi connectivity index (χ1) is 13.1. The van der Waals surface area contributed by atoms with Gasteiger partial charge in [0, 0.05) is 29.3 Å². The van der Waals surface area contributed by atoms with E-state index in [1.54, 1.807) is 17.0 Å². The van der Waals surface area contributed by atoms with E-state index in [4.69, 9.17) is 11.6 Å². The van der Waals surface area contributed by atoms with Crippen LogP contribution in [0, 0.1) is 0 Å². The number of phenolic OH excluding ortho intramolecular Hbond substituents is 1. The number of benzene rings is 2. The number of carbonyl (C=O) groups is 1. The Bertz CT molecular complexity index is 987. The molecule has 6 nitrogen and oxygen atoms in total. The lowest BCUT2D eigenvalue weighted by Crippen LogP contribution is -2.31. The van der Waals surface area contributed by atoms with Gasteiger partial charge in [-0.05, 0) is 30.2 Å². The predicted molar refractivity (Wildman–Crippen MR) is 102 cm³/mol. The van der Waals surface area contributed by atoms with E-state index in [0.29, 0.717) is 40.5 Å². The summed E-state index contributed by atoms with van der Waals surface area (Å²) in [5.41, 5.74) is 3.01. The van der Waals surface area contributed by atoms with Crippen LogP contribution in [0.1, 0.15) is 34.1 Å². The van der Waals surface area contributed by atoms with Crippen LogP contribution in [0.5, 0.6) is 5.75 Å². The highest BCUT2D eigenvalue weighted by Gasteiger charge is 2.42. The smallest absolute Gasteiger partial charge is 0.273 e. The number of nitrogens with zero attached hydrogens (tertiary/aromatic N) is 2. The lowest BCUT2D eigenvalue weighted by Gasteiger charge is -2.26. The highest BCUT2D eigenvalue weighted by Crippen LogP contribution is 2.44. The van der Waals surface area contributed by atoms with E-state index in [1.165, 1.54) is 6.07 Å². The van der Waals surface area contributed by atoms with Crippen molar-refractivity contribution in [3.05, 3.63) is 70.4 Å². The third kappa shape index (κ3) is 2.97. The summed E-state index contributed by atoms with van der Waals surface area (Å²) in [6, 6.07) is 14.0. The van der Waals surface area contributed by atoms with Gasteiger partial charge in [-0.1, -0.05) is 41.9 Å². The van der Waals surface area contributed by atoms with E-state index >= 15 is 0 Å². The number of aliphatic hydroxyl groups is 1. The van der Waals surface area contributed by atoms with Gasteiger partial charge in [0.2, 0.25) is 0 Å². The monoisotopic (exact) mass is 383 g/mol. The van der Waals surface area contributed by atoms with E-state index in [9.17, 15) is 15.0 Å². The first kappa shape index (κ1) is 17.6. The number of H-pyrrole nitrogens is 1. The van der Waals surface area contributed by atoms with Crippen LogP contribution in [0.25, 0.3) is 11.3 Å². The third-order valence-corrected chi connectivity index (χ3v) is 4.99. The zero-order valence-electron chi connectivity index (χ0n) is 14.4. The maximum Gasteiger partial charge on any atom is 0.273 e. The van der Waals surface area contributed by atoms with Crippen molar-refractivity contribution in [3.63, 3.8) is 0 Å². The van der Waals surface area contributed by atoms with Crippen LogP contribution in [0.4, 0.5) is 0 Å². The number of aromatic hydroxyl groups is 1. The van der Waals surface area contributed by atoms with Crippen molar-refractivity contribution in [2.45, 2.75) is 12.5 Å². The fourth-order valence-corrected chi connectivity index (χ4v) is 3.73. The van der Waals surface area contributed by atoms with Crippen LogP contribution >= 0.6 is 11.6 Å². The molecule has 0 aliphatic carbocycles. The lowest BCUT2D eigenvalue weighted by atomic mass is 9.95. The average Bonchev–Trinajstić information content (AvgIpc) is 3.22. The third-order valence-electron chi connectivity index (χ3n) is 4.75. The minimum atomic E-state index is -0.354. The Morgan fingerprint density at radius 2 is 1.96 bits per heavy atom. The van der Waals surface area contributed by atoms with Gasteiger partial charge in [-0.15, -0.1) is 0 Å². The largest absolute Gasteiger partial charge is 0.507 e. The molecule has 1 aliphatic rings. The average molecular weight is 384 g/mol. The molecule has 1 atom stereocenters. The Balaban J connectivity index is 1.89. The molecule has 3 N–H and O–H groups in total. The molecule has 0 bridgehead atoms. The van der Waals surface area contributed by atoms with Crippen LogP contribution in [0.15, 0.2) is 48.5 Å². The van der Waals surface area contributed by atoms with Crippen molar-refractivity contribution in [1.82, 2.24) is 15.1 Å². The Labute approximate surface area is 161 Å². The van der Waals surface area contributed by atoms with E-state index in [-0.39, 0.29) is 24.3 Å². The van der Waals surface area contributed by atoms with Gasteiger partial charge in [0.05, 0.1) is 6.04 Å². The van der Waals surface area contributed by atoms with Gasteiger partial charge in [-0.3, -0.25) is 9.89 Å². The molecule has 1 aliphatic heterocycles. The Morgan fingerprint density at radius 3 is 2.70 bits per heavy atom. The second-order valence-corrected chi connectivity index (χ2v) is 6.85. The molecule has 1 amide bonds. The van der Waals surface area contributed by atoms with Gasteiger partial charge in [0.25, 0.3) is 5.91 Å². The Morgan fingerprint density at radius 1 is 1.19 bits per heavy atom. The molecule has 0 radical (unpaired) electrons. The second-order valence-electron chi connectivity index (χ2n) is 6.41. The van der Waals surface area contributed by atoms with Gasteiger partial charge in [-0.2, -0.15) is 5.10 Å². The summed E-state index contributed by atoms with van der Waals surface area (Å²) in [5, 5.41) is 27.2. The summed E-state index contributed by atoms with van der Waals surface area (Å²) in [4.78, 5) is 14.7. The fraction of sp³-hybridized carbons (Fsp3) is 0.200. The highest BCUT2D eigenvalue weighted by molar-refractivity contribution is 6.31. The second kappa shape index (κ2) is 7.06. The quantitative estimate of drug-likeness (QED) is 0.630. The van der Waals surface area contributed by atoms with Crippen LogP contribution in [-0.4, -0.2) is 44.4 Å². The summed E-state index contributed by atoms with van der Waals surface area (Å²) >= 11 is 6.11. The van der Waals surface area contributed by atoms with Crippen LogP contribution in [-0.2, 0) is 0 Å². The summed E-state index contributed by atoms with van der Waals surface area (Å²) in [6.45, 7) is 0.414. The SMILES string of the molecule is O=C1c2[nH]nc(-c3cc(Cl)ccc3O)c2C(c2ccccc2)N1CCCO.